The summed E-state index contributed by atoms with van der Waals surface area (Å²) < 4.78 is 6.04. The van der Waals surface area contributed by atoms with Gasteiger partial charge in [0, 0.05) is 38.1 Å². The lowest BCUT2D eigenvalue weighted by Crippen LogP contribution is -2.51. The molecule has 3 heterocycles. The van der Waals surface area contributed by atoms with Crippen LogP contribution in [0.5, 0.6) is 0 Å². The van der Waals surface area contributed by atoms with Gasteiger partial charge in [-0.2, -0.15) is 0 Å². The Kier molecular flexibility index (Phi) is 9.98. The van der Waals surface area contributed by atoms with Gasteiger partial charge in [-0.05, 0) is 36.5 Å². The first-order valence-corrected chi connectivity index (χ1v) is 8.85. The maximum atomic E-state index is 6.04. The van der Waals surface area contributed by atoms with E-state index in [4.69, 9.17) is 4.74 Å². The number of aromatic nitrogens is 2. The quantitative estimate of drug-likeness (QED) is 0.829. The van der Waals surface area contributed by atoms with Crippen LogP contribution in [0.3, 0.4) is 0 Å². The SMILES string of the molecule is Cl.Cl.O.c1cnc(N2CCNC(CCC3OCCc4ccccc43)C2)nc1. The van der Waals surface area contributed by atoms with Crippen LogP contribution in [-0.2, 0) is 11.2 Å². The van der Waals surface area contributed by atoms with Gasteiger partial charge in [-0.15, -0.1) is 24.8 Å². The van der Waals surface area contributed by atoms with Crippen molar-refractivity contribution in [2.75, 3.05) is 31.1 Å². The molecule has 2 aliphatic rings. The summed E-state index contributed by atoms with van der Waals surface area (Å²) in [6.07, 6.45) is 7.05. The fourth-order valence-corrected chi connectivity index (χ4v) is 3.72. The molecule has 0 bridgehead atoms. The number of piperazine rings is 1. The smallest absolute Gasteiger partial charge is 0.225 e. The largest absolute Gasteiger partial charge is 0.412 e. The number of benzene rings is 1. The summed E-state index contributed by atoms with van der Waals surface area (Å²) in [6, 6.07) is 11.0. The molecule has 0 aliphatic carbocycles. The highest BCUT2D eigenvalue weighted by Gasteiger charge is 2.25. The fourth-order valence-electron chi connectivity index (χ4n) is 3.72. The summed E-state index contributed by atoms with van der Waals surface area (Å²) in [4.78, 5) is 11.0. The van der Waals surface area contributed by atoms with E-state index in [1.54, 1.807) is 0 Å². The van der Waals surface area contributed by atoms with Gasteiger partial charge in [-0.25, -0.2) is 9.97 Å². The first kappa shape index (κ1) is 23.6. The van der Waals surface area contributed by atoms with Crippen molar-refractivity contribution in [3.05, 3.63) is 53.9 Å². The van der Waals surface area contributed by atoms with Gasteiger partial charge in [-0.3, -0.25) is 0 Å². The molecular weight excluding hydrogens is 387 g/mol. The Labute approximate surface area is 172 Å². The van der Waals surface area contributed by atoms with Gasteiger partial charge >= 0.3 is 0 Å². The number of nitrogens with one attached hydrogen (secondary N) is 1. The molecule has 0 radical (unpaired) electrons. The Balaban J connectivity index is 0.00000121. The average Bonchev–Trinajstić information content (AvgIpc) is 2.67. The number of ether oxygens (including phenoxy) is 1. The highest BCUT2D eigenvalue weighted by molar-refractivity contribution is 5.85. The molecule has 150 valence electrons. The van der Waals surface area contributed by atoms with Crippen LogP contribution in [-0.4, -0.2) is 47.7 Å². The van der Waals surface area contributed by atoms with E-state index in [1.165, 1.54) is 11.1 Å². The molecule has 8 heteroatoms. The van der Waals surface area contributed by atoms with E-state index in [-0.39, 0.29) is 36.4 Å². The van der Waals surface area contributed by atoms with E-state index in [9.17, 15) is 0 Å². The molecule has 2 aromatic rings. The minimum atomic E-state index is 0. The van der Waals surface area contributed by atoms with Gasteiger partial charge in [0.05, 0.1) is 12.7 Å². The summed E-state index contributed by atoms with van der Waals surface area (Å²) >= 11 is 0. The monoisotopic (exact) mass is 414 g/mol. The van der Waals surface area contributed by atoms with Crippen molar-refractivity contribution in [3.8, 4) is 0 Å². The molecule has 27 heavy (non-hydrogen) atoms. The Bertz CT molecular complexity index is 678. The highest BCUT2D eigenvalue weighted by atomic mass is 35.5. The summed E-state index contributed by atoms with van der Waals surface area (Å²) in [5, 5.41) is 3.63. The van der Waals surface area contributed by atoms with Crippen LogP contribution in [0, 0.1) is 0 Å². The third-order valence-electron chi connectivity index (χ3n) is 4.96. The Morgan fingerprint density at radius 2 is 1.85 bits per heavy atom. The lowest BCUT2D eigenvalue weighted by atomic mass is 9.93. The van der Waals surface area contributed by atoms with E-state index >= 15 is 0 Å². The van der Waals surface area contributed by atoms with Crippen molar-refractivity contribution in [3.63, 3.8) is 0 Å². The number of rotatable bonds is 4. The van der Waals surface area contributed by atoms with Gasteiger partial charge in [-0.1, -0.05) is 24.3 Å². The van der Waals surface area contributed by atoms with Gasteiger partial charge in [0.2, 0.25) is 5.95 Å². The number of anilines is 1. The van der Waals surface area contributed by atoms with E-state index in [2.05, 4.69) is 44.5 Å². The second-order valence-electron chi connectivity index (χ2n) is 6.53. The van der Waals surface area contributed by atoms with Gasteiger partial charge in [0.25, 0.3) is 0 Å². The molecule has 1 aromatic heterocycles. The van der Waals surface area contributed by atoms with Crippen molar-refractivity contribution in [2.45, 2.75) is 31.4 Å². The lowest BCUT2D eigenvalue weighted by Gasteiger charge is -2.35. The first-order chi connectivity index (χ1) is 11.9. The number of halogens is 2. The molecule has 4 rings (SSSR count). The van der Waals surface area contributed by atoms with Crippen LogP contribution in [0.15, 0.2) is 42.7 Å². The molecular formula is C19H28Cl2N4O2. The van der Waals surface area contributed by atoms with Crippen molar-refractivity contribution < 1.29 is 10.2 Å². The average molecular weight is 415 g/mol. The third kappa shape index (κ3) is 5.77. The predicted octanol–water partition coefficient (Wildman–Crippen LogP) is 2.37. The lowest BCUT2D eigenvalue weighted by molar-refractivity contribution is 0.0332. The van der Waals surface area contributed by atoms with Gasteiger partial charge in [0.1, 0.15) is 0 Å². The maximum absolute atomic E-state index is 6.04. The number of fused-ring (bicyclic) bond motifs is 1. The predicted molar refractivity (Wildman–Crippen MR) is 112 cm³/mol. The fraction of sp³-hybridized carbons (Fsp3) is 0.474. The molecule has 2 aliphatic heterocycles. The Hall–Kier alpha value is -1.44. The van der Waals surface area contributed by atoms with E-state index < -0.39 is 0 Å². The minimum absolute atomic E-state index is 0. The second-order valence-corrected chi connectivity index (χ2v) is 6.53. The zero-order valence-corrected chi connectivity index (χ0v) is 16.8. The van der Waals surface area contributed by atoms with E-state index in [0.29, 0.717) is 6.04 Å². The van der Waals surface area contributed by atoms with Gasteiger partial charge < -0.3 is 20.4 Å². The standard InChI is InChI=1S/C19H24N4O.2ClH.H2O/c1-2-5-17-15(4-1)8-13-24-18(17)7-6-16-14-23(12-11-20-16)19-21-9-3-10-22-19;;;/h1-5,9-10,16,18,20H,6-8,11-14H2;2*1H;1H2. The molecule has 0 spiro atoms. The number of hydrogen-bond donors (Lipinski definition) is 1. The molecule has 3 N–H and O–H groups in total. The topological polar surface area (TPSA) is 81.8 Å². The number of nitrogens with zero attached hydrogens (tertiary/aromatic N) is 3. The summed E-state index contributed by atoms with van der Waals surface area (Å²) in [5.41, 5.74) is 2.83. The molecule has 0 amide bonds. The first-order valence-electron chi connectivity index (χ1n) is 8.85. The van der Waals surface area contributed by atoms with Crippen LogP contribution in [0.2, 0.25) is 0 Å². The molecule has 1 fully saturated rings. The molecule has 1 saturated heterocycles. The zero-order chi connectivity index (χ0) is 16.2. The van der Waals surface area contributed by atoms with Crippen molar-refractivity contribution in [2.24, 2.45) is 0 Å². The molecule has 6 nitrogen and oxygen atoms in total. The van der Waals surface area contributed by atoms with Crippen molar-refractivity contribution in [1.82, 2.24) is 15.3 Å². The Morgan fingerprint density at radius 1 is 1.07 bits per heavy atom. The molecule has 2 unspecified atom stereocenters. The normalized spacial score (nSPS) is 21.1. The minimum Gasteiger partial charge on any atom is -0.412 e. The van der Waals surface area contributed by atoms with Crippen LogP contribution < -0.4 is 10.2 Å². The van der Waals surface area contributed by atoms with Gasteiger partial charge in [0.15, 0.2) is 0 Å². The second kappa shape index (κ2) is 11.4. The van der Waals surface area contributed by atoms with Crippen LogP contribution in [0.4, 0.5) is 5.95 Å². The summed E-state index contributed by atoms with van der Waals surface area (Å²) in [6.45, 7) is 3.73. The van der Waals surface area contributed by atoms with Crippen LogP contribution >= 0.6 is 24.8 Å². The molecule has 2 atom stereocenters. The zero-order valence-electron chi connectivity index (χ0n) is 15.2. The molecule has 1 aromatic carbocycles. The maximum Gasteiger partial charge on any atom is 0.225 e. The van der Waals surface area contributed by atoms with Crippen molar-refractivity contribution in [1.29, 1.82) is 0 Å². The summed E-state index contributed by atoms with van der Waals surface area (Å²) in [7, 11) is 0. The highest BCUT2D eigenvalue weighted by Crippen LogP contribution is 2.31. The van der Waals surface area contributed by atoms with Crippen molar-refractivity contribution >= 4 is 30.8 Å². The number of hydrogen-bond acceptors (Lipinski definition) is 5. The van der Waals surface area contributed by atoms with Crippen LogP contribution in [0.25, 0.3) is 0 Å². The van der Waals surface area contributed by atoms with Crippen LogP contribution in [0.1, 0.15) is 30.1 Å². The van der Waals surface area contributed by atoms with E-state index in [1.807, 2.05) is 18.5 Å². The third-order valence-corrected chi connectivity index (χ3v) is 4.96. The Morgan fingerprint density at radius 3 is 2.67 bits per heavy atom. The van der Waals surface area contributed by atoms with E-state index in [0.717, 1.165) is 51.5 Å². The molecule has 0 saturated carbocycles. The summed E-state index contributed by atoms with van der Waals surface area (Å²) in [5.74, 6) is 0.836.